The van der Waals surface area contributed by atoms with Crippen LogP contribution >= 0.6 is 0 Å². The maximum Gasteiger partial charge on any atom is 0.0448 e. The summed E-state index contributed by atoms with van der Waals surface area (Å²) < 4.78 is 0. The van der Waals surface area contributed by atoms with Gasteiger partial charge in [0.05, 0.1) is 0 Å². The number of fused-ring (bicyclic) bond motifs is 1. The fourth-order valence-corrected chi connectivity index (χ4v) is 2.55. The second-order valence-corrected chi connectivity index (χ2v) is 3.94. The van der Waals surface area contributed by atoms with Crippen LogP contribution in [-0.2, 0) is 0 Å². The summed E-state index contributed by atoms with van der Waals surface area (Å²) in [4.78, 5) is 0. The van der Waals surface area contributed by atoms with Gasteiger partial charge in [0.2, 0.25) is 0 Å². The van der Waals surface area contributed by atoms with Gasteiger partial charge in [-0.25, -0.2) is 0 Å². The van der Waals surface area contributed by atoms with Crippen LogP contribution in [0.4, 0.5) is 0 Å². The topological polar surface area (TPSA) is 12.0 Å². The van der Waals surface area contributed by atoms with E-state index in [-0.39, 0.29) is 0 Å². The van der Waals surface area contributed by atoms with Crippen LogP contribution in [0.3, 0.4) is 0 Å². The zero-order valence-electron chi connectivity index (χ0n) is 7.65. The maximum atomic E-state index is 3.64. The maximum absolute atomic E-state index is 3.64. The largest absolute Gasteiger partial charge is 0.301 e. The van der Waals surface area contributed by atoms with E-state index in [9.17, 15) is 0 Å². The van der Waals surface area contributed by atoms with Gasteiger partial charge in [-0.05, 0) is 31.3 Å². The predicted octanol–water partition coefficient (Wildman–Crippen LogP) is 2.09. The van der Waals surface area contributed by atoms with E-state index in [2.05, 4.69) is 32.2 Å². The summed E-state index contributed by atoms with van der Waals surface area (Å²) in [6.45, 7) is 6.85. The van der Waals surface area contributed by atoms with Crippen molar-refractivity contribution in [3.63, 3.8) is 0 Å². The Bertz CT molecular complexity index is 207. The zero-order chi connectivity index (χ0) is 8.06. The molecule has 62 valence electrons. The summed E-state index contributed by atoms with van der Waals surface area (Å²) in [5.41, 5.74) is 2.09. The first-order valence-corrected chi connectivity index (χ1v) is 4.72. The van der Waals surface area contributed by atoms with Crippen molar-refractivity contribution in [2.75, 3.05) is 0 Å². The lowest BCUT2D eigenvalue weighted by molar-refractivity contribution is 0.149. The van der Waals surface area contributed by atoms with Crippen molar-refractivity contribution in [2.24, 2.45) is 5.92 Å². The molecule has 0 bridgehead atoms. The Morgan fingerprint density at radius 1 is 1.45 bits per heavy atom. The molecule has 1 fully saturated rings. The highest BCUT2D eigenvalue weighted by molar-refractivity contribution is 5.45. The molecule has 1 N–H and O–H groups in total. The van der Waals surface area contributed by atoms with E-state index in [0.717, 1.165) is 5.92 Å². The molecule has 0 amide bonds. The molecule has 0 saturated carbocycles. The fraction of sp³-hybridized carbons (Fsp3) is 0.800. The summed E-state index contributed by atoms with van der Waals surface area (Å²) in [5, 5.41) is 3.64. The molecule has 1 heteroatoms. The van der Waals surface area contributed by atoms with E-state index in [1.807, 2.05) is 0 Å². The molecular formula is C10H17N. The van der Waals surface area contributed by atoms with Gasteiger partial charge >= 0.3 is 0 Å². The third-order valence-corrected chi connectivity index (χ3v) is 3.42. The van der Waals surface area contributed by atoms with Crippen molar-refractivity contribution in [1.29, 1.82) is 0 Å². The van der Waals surface area contributed by atoms with Crippen LogP contribution in [-0.4, -0.2) is 11.6 Å². The molecule has 0 aromatic rings. The first-order chi connectivity index (χ1) is 5.22. The van der Waals surface area contributed by atoms with Crippen molar-refractivity contribution in [3.8, 4) is 0 Å². The highest BCUT2D eigenvalue weighted by Gasteiger charge is 2.54. The molecule has 1 heterocycles. The van der Waals surface area contributed by atoms with Gasteiger partial charge in [0, 0.05) is 11.6 Å². The molecule has 2 rings (SSSR count). The van der Waals surface area contributed by atoms with E-state index in [1.54, 1.807) is 5.57 Å². The van der Waals surface area contributed by atoms with Crippen molar-refractivity contribution >= 4 is 0 Å². The molecule has 0 aromatic heterocycles. The summed E-state index contributed by atoms with van der Waals surface area (Å²) >= 11 is 0. The van der Waals surface area contributed by atoms with Gasteiger partial charge in [-0.1, -0.05) is 19.9 Å². The monoisotopic (exact) mass is 151 g/mol. The number of nitrogens with one attached hydrogen (secondary N) is 1. The van der Waals surface area contributed by atoms with Crippen LogP contribution in [0.25, 0.3) is 0 Å². The minimum absolute atomic E-state index is 0.412. The van der Waals surface area contributed by atoms with Crippen LogP contribution in [0.15, 0.2) is 11.6 Å². The van der Waals surface area contributed by atoms with Crippen LogP contribution in [0.1, 0.15) is 33.6 Å². The van der Waals surface area contributed by atoms with Crippen molar-refractivity contribution < 1.29 is 0 Å². The average Bonchev–Trinajstić information content (AvgIpc) is 2.02. The summed E-state index contributed by atoms with van der Waals surface area (Å²) in [6, 6.07) is 0.711. The Hall–Kier alpha value is -0.300. The Kier molecular flexibility index (Phi) is 1.40. The number of rotatable bonds is 2. The summed E-state index contributed by atoms with van der Waals surface area (Å²) in [7, 11) is 0. The summed E-state index contributed by atoms with van der Waals surface area (Å²) in [5.74, 6) is 0.806. The van der Waals surface area contributed by atoms with E-state index in [1.165, 1.54) is 12.8 Å². The average molecular weight is 151 g/mol. The smallest absolute Gasteiger partial charge is 0.0448 e. The molecule has 1 aliphatic heterocycles. The van der Waals surface area contributed by atoms with Crippen LogP contribution in [0.2, 0.25) is 0 Å². The van der Waals surface area contributed by atoms with Gasteiger partial charge in [-0.15, -0.1) is 0 Å². The first kappa shape index (κ1) is 7.35. The van der Waals surface area contributed by atoms with E-state index in [0.29, 0.717) is 11.6 Å². The molecule has 3 unspecified atom stereocenters. The SMILES string of the molecule is CCC1NC2(C)C1=CC2CC. The highest BCUT2D eigenvalue weighted by atomic mass is 15.1. The van der Waals surface area contributed by atoms with E-state index < -0.39 is 0 Å². The zero-order valence-corrected chi connectivity index (χ0v) is 7.65. The molecule has 1 saturated heterocycles. The lowest BCUT2D eigenvalue weighted by Crippen LogP contribution is -2.72. The Balaban J connectivity index is 2.11. The van der Waals surface area contributed by atoms with Gasteiger partial charge in [-0.3, -0.25) is 0 Å². The van der Waals surface area contributed by atoms with Crippen molar-refractivity contribution in [3.05, 3.63) is 11.6 Å². The van der Waals surface area contributed by atoms with Crippen molar-refractivity contribution in [1.82, 2.24) is 5.32 Å². The van der Waals surface area contributed by atoms with Gasteiger partial charge in [0.15, 0.2) is 0 Å². The van der Waals surface area contributed by atoms with Gasteiger partial charge in [-0.2, -0.15) is 0 Å². The fourth-order valence-electron chi connectivity index (χ4n) is 2.55. The molecule has 3 atom stereocenters. The van der Waals surface area contributed by atoms with Gasteiger partial charge < -0.3 is 5.32 Å². The number of hydrogen-bond donors (Lipinski definition) is 1. The third-order valence-electron chi connectivity index (χ3n) is 3.42. The number of hydrogen-bond acceptors (Lipinski definition) is 1. The van der Waals surface area contributed by atoms with E-state index in [4.69, 9.17) is 0 Å². The van der Waals surface area contributed by atoms with E-state index >= 15 is 0 Å². The minimum Gasteiger partial charge on any atom is -0.301 e. The second kappa shape index (κ2) is 2.10. The molecule has 1 aliphatic carbocycles. The van der Waals surface area contributed by atoms with Crippen LogP contribution in [0, 0.1) is 5.92 Å². The normalized spacial score (nSPS) is 47.0. The molecule has 1 nitrogen and oxygen atoms in total. The third kappa shape index (κ3) is 0.698. The molecular weight excluding hydrogens is 134 g/mol. The molecule has 0 radical (unpaired) electrons. The molecule has 11 heavy (non-hydrogen) atoms. The minimum atomic E-state index is 0.412. The summed E-state index contributed by atoms with van der Waals surface area (Å²) in [6.07, 6.45) is 4.99. The molecule has 0 spiro atoms. The lowest BCUT2D eigenvalue weighted by atomic mass is 9.58. The highest BCUT2D eigenvalue weighted by Crippen LogP contribution is 2.49. The van der Waals surface area contributed by atoms with Gasteiger partial charge in [0.25, 0.3) is 0 Å². The quantitative estimate of drug-likeness (QED) is 0.596. The Morgan fingerprint density at radius 3 is 2.55 bits per heavy atom. The second-order valence-electron chi connectivity index (χ2n) is 3.94. The lowest BCUT2D eigenvalue weighted by Gasteiger charge is -2.60. The Morgan fingerprint density at radius 2 is 2.18 bits per heavy atom. The Labute approximate surface area is 68.9 Å². The van der Waals surface area contributed by atoms with Crippen LogP contribution < -0.4 is 5.32 Å². The molecule has 0 aromatic carbocycles. The predicted molar refractivity (Wildman–Crippen MR) is 47.5 cm³/mol. The van der Waals surface area contributed by atoms with Gasteiger partial charge in [0.1, 0.15) is 0 Å². The van der Waals surface area contributed by atoms with Crippen LogP contribution in [0.5, 0.6) is 0 Å². The first-order valence-electron chi connectivity index (χ1n) is 4.72. The molecule has 2 aliphatic rings. The van der Waals surface area contributed by atoms with Crippen molar-refractivity contribution in [2.45, 2.75) is 45.2 Å². The standard InChI is InChI=1S/C10H17N/c1-4-7-6-8-9(5-2)11-10(7,8)3/h6-7,9,11H,4-5H2,1-3H3.